The number of benzene rings is 2. The van der Waals surface area contributed by atoms with Crippen LogP contribution in [0.1, 0.15) is 43.8 Å². The van der Waals surface area contributed by atoms with E-state index in [9.17, 15) is 4.79 Å². The largest absolute Gasteiger partial charge is 0.444 e. The standard InChI is InChI=1S/C22H24ClN3O3S/c1-22(2,3)29-20(27)24-18(13-15-8-5-4-6-9-15)19-25-26-21(28-19)30-14-16-10-7-11-17(23)12-16/h4-12,18H,13-14H2,1-3H3,(H,24,27)/t18-/m0/s1. The fourth-order valence-corrected chi connectivity index (χ4v) is 3.62. The molecule has 8 heteroatoms. The van der Waals surface area contributed by atoms with Crippen LogP contribution in [-0.4, -0.2) is 21.9 Å². The summed E-state index contributed by atoms with van der Waals surface area (Å²) < 4.78 is 11.2. The summed E-state index contributed by atoms with van der Waals surface area (Å²) in [6.07, 6.45) is -0.0320. The Balaban J connectivity index is 1.71. The van der Waals surface area contributed by atoms with Crippen molar-refractivity contribution in [1.29, 1.82) is 0 Å². The zero-order valence-electron chi connectivity index (χ0n) is 17.1. The lowest BCUT2D eigenvalue weighted by molar-refractivity contribution is 0.0494. The zero-order valence-corrected chi connectivity index (χ0v) is 18.7. The normalized spacial score (nSPS) is 12.4. The van der Waals surface area contributed by atoms with Crippen LogP contribution in [0, 0.1) is 0 Å². The van der Waals surface area contributed by atoms with E-state index in [1.807, 2.05) is 75.4 Å². The predicted molar refractivity (Wildman–Crippen MR) is 118 cm³/mol. The number of carbonyl (C=O) groups excluding carboxylic acids is 1. The number of nitrogens with zero attached hydrogens (tertiary/aromatic N) is 2. The van der Waals surface area contributed by atoms with Crippen LogP contribution in [0.25, 0.3) is 0 Å². The average Bonchev–Trinajstić information content (AvgIpc) is 3.14. The first-order chi connectivity index (χ1) is 14.3. The Morgan fingerprint density at radius 2 is 1.87 bits per heavy atom. The van der Waals surface area contributed by atoms with Gasteiger partial charge >= 0.3 is 6.09 Å². The molecule has 0 saturated heterocycles. The molecule has 0 spiro atoms. The summed E-state index contributed by atoms with van der Waals surface area (Å²) >= 11 is 7.44. The number of amides is 1. The molecule has 0 bridgehead atoms. The van der Waals surface area contributed by atoms with E-state index in [0.717, 1.165) is 11.1 Å². The third kappa shape index (κ3) is 7.07. The number of carbonyl (C=O) groups is 1. The Bertz CT molecular complexity index is 973. The molecule has 30 heavy (non-hydrogen) atoms. The Hall–Kier alpha value is -2.51. The summed E-state index contributed by atoms with van der Waals surface area (Å²) in [5.41, 5.74) is 1.48. The molecule has 3 rings (SSSR count). The zero-order chi connectivity index (χ0) is 21.6. The molecule has 1 heterocycles. The van der Waals surface area contributed by atoms with Crippen molar-refractivity contribution in [2.45, 2.75) is 49.8 Å². The van der Waals surface area contributed by atoms with Crippen molar-refractivity contribution in [3.05, 3.63) is 76.6 Å². The lowest BCUT2D eigenvalue weighted by Crippen LogP contribution is -2.36. The molecule has 0 saturated carbocycles. The van der Waals surface area contributed by atoms with Gasteiger partial charge in [-0.05, 0) is 44.0 Å². The number of hydrogen-bond donors (Lipinski definition) is 1. The van der Waals surface area contributed by atoms with Gasteiger partial charge in [-0.2, -0.15) is 0 Å². The molecule has 0 radical (unpaired) electrons. The fraction of sp³-hybridized carbons (Fsp3) is 0.318. The molecular formula is C22H24ClN3O3S. The molecule has 0 aliphatic heterocycles. The first-order valence-electron chi connectivity index (χ1n) is 9.52. The van der Waals surface area contributed by atoms with Crippen LogP contribution in [0.5, 0.6) is 0 Å². The highest BCUT2D eigenvalue weighted by atomic mass is 35.5. The molecule has 1 aromatic heterocycles. The van der Waals surface area contributed by atoms with Gasteiger partial charge in [0.05, 0.1) is 0 Å². The summed E-state index contributed by atoms with van der Waals surface area (Å²) in [6, 6.07) is 16.9. The van der Waals surface area contributed by atoms with Gasteiger partial charge in [-0.3, -0.25) is 0 Å². The van der Waals surface area contributed by atoms with Gasteiger partial charge in [0, 0.05) is 17.2 Å². The molecule has 2 aromatic carbocycles. The first-order valence-corrected chi connectivity index (χ1v) is 10.9. The minimum absolute atomic E-state index is 0.332. The molecule has 158 valence electrons. The molecule has 1 atom stereocenters. The number of alkyl carbamates (subject to hydrolysis) is 1. The Morgan fingerprint density at radius 3 is 2.57 bits per heavy atom. The minimum atomic E-state index is -0.603. The van der Waals surface area contributed by atoms with Crippen LogP contribution in [0.15, 0.2) is 64.2 Å². The third-order valence-corrected chi connectivity index (χ3v) is 5.07. The maximum Gasteiger partial charge on any atom is 0.408 e. The average molecular weight is 446 g/mol. The summed E-state index contributed by atoms with van der Waals surface area (Å²) in [6.45, 7) is 5.45. The van der Waals surface area contributed by atoms with Crippen molar-refractivity contribution in [1.82, 2.24) is 15.5 Å². The monoisotopic (exact) mass is 445 g/mol. The predicted octanol–water partition coefficient (Wildman–Crippen LogP) is 5.82. The highest BCUT2D eigenvalue weighted by Gasteiger charge is 2.25. The van der Waals surface area contributed by atoms with E-state index < -0.39 is 17.7 Å². The summed E-state index contributed by atoms with van der Waals surface area (Å²) in [4.78, 5) is 12.3. The highest BCUT2D eigenvalue weighted by molar-refractivity contribution is 7.98. The number of hydrogen-bond acceptors (Lipinski definition) is 6. The number of ether oxygens (including phenoxy) is 1. The summed E-state index contributed by atoms with van der Waals surface area (Å²) in [5, 5.41) is 12.2. The van der Waals surface area contributed by atoms with Crippen molar-refractivity contribution >= 4 is 29.5 Å². The maximum atomic E-state index is 12.3. The minimum Gasteiger partial charge on any atom is -0.444 e. The Morgan fingerprint density at radius 1 is 1.13 bits per heavy atom. The Kier molecular flexibility index (Phi) is 7.39. The molecule has 0 fully saturated rings. The van der Waals surface area contributed by atoms with Crippen molar-refractivity contribution in [3.8, 4) is 0 Å². The smallest absolute Gasteiger partial charge is 0.408 e. The van der Waals surface area contributed by atoms with Crippen molar-refractivity contribution < 1.29 is 13.9 Å². The van der Waals surface area contributed by atoms with Crippen molar-refractivity contribution in [2.24, 2.45) is 0 Å². The molecule has 0 unspecified atom stereocenters. The quantitative estimate of drug-likeness (QED) is 0.461. The summed E-state index contributed by atoms with van der Waals surface area (Å²) in [7, 11) is 0. The van der Waals surface area contributed by atoms with E-state index in [0.29, 0.717) is 28.3 Å². The Labute approximate surface area is 185 Å². The molecule has 1 N–H and O–H groups in total. The molecule has 1 amide bonds. The van der Waals surface area contributed by atoms with E-state index in [4.69, 9.17) is 20.8 Å². The van der Waals surface area contributed by atoms with E-state index in [2.05, 4.69) is 15.5 Å². The van der Waals surface area contributed by atoms with Gasteiger partial charge < -0.3 is 14.5 Å². The van der Waals surface area contributed by atoms with Gasteiger partial charge in [0.1, 0.15) is 11.6 Å². The van der Waals surface area contributed by atoms with Gasteiger partial charge in [0.25, 0.3) is 5.22 Å². The molecule has 0 aliphatic carbocycles. The SMILES string of the molecule is CC(C)(C)OC(=O)N[C@@H](Cc1ccccc1)c1nnc(SCc2cccc(Cl)c2)o1. The van der Waals surface area contributed by atoms with E-state index in [1.54, 1.807) is 0 Å². The van der Waals surface area contributed by atoms with Crippen molar-refractivity contribution in [2.75, 3.05) is 0 Å². The van der Waals surface area contributed by atoms with Gasteiger partial charge in [0.15, 0.2) is 0 Å². The fourth-order valence-electron chi connectivity index (χ4n) is 2.69. The van der Waals surface area contributed by atoms with Crippen LogP contribution in [0.3, 0.4) is 0 Å². The number of thioether (sulfide) groups is 1. The van der Waals surface area contributed by atoms with Crippen LogP contribution >= 0.6 is 23.4 Å². The maximum absolute atomic E-state index is 12.3. The van der Waals surface area contributed by atoms with E-state index >= 15 is 0 Å². The number of halogens is 1. The molecule has 3 aromatic rings. The first kappa shape index (κ1) is 22.2. The van der Waals surface area contributed by atoms with Crippen LogP contribution in [-0.2, 0) is 16.9 Å². The molecular weight excluding hydrogens is 422 g/mol. The van der Waals surface area contributed by atoms with E-state index in [1.165, 1.54) is 11.8 Å². The van der Waals surface area contributed by atoms with Gasteiger partial charge in [-0.15, -0.1) is 10.2 Å². The van der Waals surface area contributed by atoms with Gasteiger partial charge in [-0.25, -0.2) is 4.79 Å². The topological polar surface area (TPSA) is 77.2 Å². The van der Waals surface area contributed by atoms with E-state index in [-0.39, 0.29) is 0 Å². The molecule has 0 aliphatic rings. The number of rotatable bonds is 7. The van der Waals surface area contributed by atoms with Gasteiger partial charge in [-0.1, -0.05) is 65.8 Å². The number of aromatic nitrogens is 2. The second kappa shape index (κ2) is 10.00. The second-order valence-corrected chi connectivity index (χ2v) is 9.08. The van der Waals surface area contributed by atoms with Gasteiger partial charge in [0.2, 0.25) is 5.89 Å². The third-order valence-electron chi connectivity index (χ3n) is 3.95. The van der Waals surface area contributed by atoms with Crippen LogP contribution in [0.4, 0.5) is 4.79 Å². The number of nitrogens with one attached hydrogen (secondary N) is 1. The second-order valence-electron chi connectivity index (χ2n) is 7.71. The molecule has 6 nitrogen and oxygen atoms in total. The van der Waals surface area contributed by atoms with Crippen LogP contribution < -0.4 is 5.32 Å². The summed E-state index contributed by atoms with van der Waals surface area (Å²) in [5.74, 6) is 0.976. The van der Waals surface area contributed by atoms with Crippen LogP contribution in [0.2, 0.25) is 5.02 Å². The highest BCUT2D eigenvalue weighted by Crippen LogP contribution is 2.26. The lowest BCUT2D eigenvalue weighted by Gasteiger charge is -2.22. The lowest BCUT2D eigenvalue weighted by atomic mass is 10.1. The van der Waals surface area contributed by atoms with Crippen molar-refractivity contribution in [3.63, 3.8) is 0 Å².